The van der Waals surface area contributed by atoms with Gasteiger partial charge >= 0.3 is 6.03 Å². The fourth-order valence-electron chi connectivity index (χ4n) is 2.58. The van der Waals surface area contributed by atoms with Crippen LogP contribution < -0.4 is 10.6 Å². The topological polar surface area (TPSA) is 68.2 Å². The fraction of sp³-hybridized carbons (Fsp3) is 0.412. The van der Waals surface area contributed by atoms with Crippen molar-refractivity contribution >= 4 is 6.03 Å². The van der Waals surface area contributed by atoms with E-state index in [1.807, 2.05) is 50.4 Å². The third kappa shape index (κ3) is 3.90. The number of nitrogens with zero attached hydrogens (tertiary/aromatic N) is 2. The maximum absolute atomic E-state index is 11.6. The number of amides is 2. The molecule has 23 heavy (non-hydrogen) atoms. The standard InChI is InChI=1S/C17H22N4O2/c1-12(2)19-17(22)18-8-14-9-21-10-15(20-16(21)11-23-14)13-6-4-3-5-7-13/h3-7,10,12,14H,8-9,11H2,1-2H3,(H2,18,19,22). The van der Waals surface area contributed by atoms with Crippen molar-refractivity contribution in [2.75, 3.05) is 6.54 Å². The first-order valence-electron chi connectivity index (χ1n) is 7.89. The molecular formula is C17H22N4O2. The third-order valence-electron chi connectivity index (χ3n) is 3.69. The lowest BCUT2D eigenvalue weighted by atomic mass is 10.2. The normalized spacial score (nSPS) is 16.9. The Bertz CT molecular complexity index is 666. The van der Waals surface area contributed by atoms with Crippen LogP contribution in [-0.2, 0) is 17.9 Å². The summed E-state index contributed by atoms with van der Waals surface area (Å²) in [7, 11) is 0. The molecule has 2 amide bonds. The van der Waals surface area contributed by atoms with E-state index in [-0.39, 0.29) is 18.2 Å². The SMILES string of the molecule is CC(C)NC(=O)NCC1Cn2cc(-c3ccccc3)nc2CO1. The predicted molar refractivity (Wildman–Crippen MR) is 87.9 cm³/mol. The van der Waals surface area contributed by atoms with Gasteiger partial charge in [0, 0.05) is 24.3 Å². The zero-order valence-electron chi connectivity index (χ0n) is 13.5. The summed E-state index contributed by atoms with van der Waals surface area (Å²) in [5, 5.41) is 5.65. The molecule has 0 spiro atoms. The van der Waals surface area contributed by atoms with Gasteiger partial charge in [-0.25, -0.2) is 9.78 Å². The van der Waals surface area contributed by atoms with Crippen LogP contribution in [0.4, 0.5) is 4.79 Å². The molecule has 1 aromatic heterocycles. The Morgan fingerprint density at radius 1 is 1.39 bits per heavy atom. The van der Waals surface area contributed by atoms with Gasteiger partial charge < -0.3 is 19.9 Å². The summed E-state index contributed by atoms with van der Waals surface area (Å²) in [6, 6.07) is 10.1. The van der Waals surface area contributed by atoms with Crippen molar-refractivity contribution in [2.45, 2.75) is 39.1 Å². The molecule has 2 N–H and O–H groups in total. The number of benzene rings is 1. The average Bonchev–Trinajstić information content (AvgIpc) is 2.96. The number of aromatic nitrogens is 2. The largest absolute Gasteiger partial charge is 0.367 e. The number of nitrogens with one attached hydrogen (secondary N) is 2. The van der Waals surface area contributed by atoms with Crippen molar-refractivity contribution in [1.82, 2.24) is 20.2 Å². The van der Waals surface area contributed by atoms with Crippen LogP contribution in [0, 0.1) is 0 Å². The molecule has 1 aliphatic heterocycles. The lowest BCUT2D eigenvalue weighted by Crippen LogP contribution is -2.44. The van der Waals surface area contributed by atoms with Crippen LogP contribution in [0.25, 0.3) is 11.3 Å². The first-order chi connectivity index (χ1) is 11.1. The number of urea groups is 1. The Kier molecular flexibility index (Phi) is 4.62. The number of carbonyl (C=O) groups is 1. The Balaban J connectivity index is 1.60. The van der Waals surface area contributed by atoms with Crippen LogP contribution in [0.15, 0.2) is 36.5 Å². The Morgan fingerprint density at radius 3 is 2.91 bits per heavy atom. The van der Waals surface area contributed by atoms with E-state index in [1.54, 1.807) is 0 Å². The second-order valence-corrected chi connectivity index (χ2v) is 6.00. The first kappa shape index (κ1) is 15.6. The molecule has 1 unspecified atom stereocenters. The van der Waals surface area contributed by atoms with E-state index in [4.69, 9.17) is 4.74 Å². The predicted octanol–water partition coefficient (Wildman–Crippen LogP) is 2.16. The van der Waals surface area contributed by atoms with Crippen LogP contribution in [0.1, 0.15) is 19.7 Å². The molecule has 0 saturated carbocycles. The van der Waals surface area contributed by atoms with Crippen LogP contribution in [-0.4, -0.2) is 34.3 Å². The zero-order chi connectivity index (χ0) is 16.2. The Hall–Kier alpha value is -2.34. The van der Waals surface area contributed by atoms with E-state index in [2.05, 4.69) is 20.2 Å². The second kappa shape index (κ2) is 6.83. The number of carbonyl (C=O) groups excluding carboxylic acids is 1. The summed E-state index contributed by atoms with van der Waals surface area (Å²) in [4.78, 5) is 16.3. The quantitative estimate of drug-likeness (QED) is 0.908. The van der Waals surface area contributed by atoms with Gasteiger partial charge in [-0.05, 0) is 13.8 Å². The summed E-state index contributed by atoms with van der Waals surface area (Å²) in [5.41, 5.74) is 2.05. The molecule has 1 atom stereocenters. The van der Waals surface area contributed by atoms with Gasteiger partial charge in [0.05, 0.1) is 18.3 Å². The molecule has 1 aromatic carbocycles. The summed E-state index contributed by atoms with van der Waals surface area (Å²) in [6.07, 6.45) is 2.01. The van der Waals surface area contributed by atoms with Gasteiger partial charge in [-0.3, -0.25) is 0 Å². The number of hydrogen-bond acceptors (Lipinski definition) is 3. The molecule has 1 aliphatic rings. The highest BCUT2D eigenvalue weighted by atomic mass is 16.5. The van der Waals surface area contributed by atoms with E-state index >= 15 is 0 Å². The van der Waals surface area contributed by atoms with E-state index < -0.39 is 0 Å². The number of fused-ring (bicyclic) bond motifs is 1. The van der Waals surface area contributed by atoms with Crippen molar-refractivity contribution in [3.8, 4) is 11.3 Å². The molecule has 2 heterocycles. The first-order valence-corrected chi connectivity index (χ1v) is 7.89. The summed E-state index contributed by atoms with van der Waals surface area (Å²) >= 11 is 0. The molecular weight excluding hydrogens is 292 g/mol. The van der Waals surface area contributed by atoms with Crippen molar-refractivity contribution in [3.05, 3.63) is 42.4 Å². The molecule has 0 aliphatic carbocycles. The van der Waals surface area contributed by atoms with Crippen molar-refractivity contribution in [3.63, 3.8) is 0 Å². The van der Waals surface area contributed by atoms with Crippen molar-refractivity contribution in [1.29, 1.82) is 0 Å². The highest BCUT2D eigenvalue weighted by Crippen LogP contribution is 2.21. The number of rotatable bonds is 4. The number of hydrogen-bond donors (Lipinski definition) is 2. The minimum Gasteiger partial charge on any atom is -0.367 e. The van der Waals surface area contributed by atoms with E-state index in [0.717, 1.165) is 17.1 Å². The average molecular weight is 314 g/mol. The molecule has 2 aromatic rings. The maximum Gasteiger partial charge on any atom is 0.315 e. The molecule has 0 radical (unpaired) electrons. The van der Waals surface area contributed by atoms with Gasteiger partial charge in [0.15, 0.2) is 0 Å². The maximum atomic E-state index is 11.6. The lowest BCUT2D eigenvalue weighted by molar-refractivity contribution is 0.00442. The van der Waals surface area contributed by atoms with E-state index in [9.17, 15) is 4.79 Å². The highest BCUT2D eigenvalue weighted by molar-refractivity contribution is 5.74. The van der Waals surface area contributed by atoms with Crippen LogP contribution in [0.2, 0.25) is 0 Å². The van der Waals surface area contributed by atoms with Crippen molar-refractivity contribution in [2.24, 2.45) is 0 Å². The molecule has 6 nitrogen and oxygen atoms in total. The highest BCUT2D eigenvalue weighted by Gasteiger charge is 2.21. The minimum atomic E-state index is -0.162. The van der Waals surface area contributed by atoms with Gasteiger partial charge in [-0.15, -0.1) is 0 Å². The van der Waals surface area contributed by atoms with Gasteiger partial charge in [0.1, 0.15) is 12.4 Å². The van der Waals surface area contributed by atoms with Crippen LogP contribution in [0.3, 0.4) is 0 Å². The summed E-state index contributed by atoms with van der Waals surface area (Å²) < 4.78 is 7.89. The number of imidazole rings is 1. The molecule has 3 rings (SSSR count). The number of ether oxygens (including phenoxy) is 1. The van der Waals surface area contributed by atoms with Crippen molar-refractivity contribution < 1.29 is 9.53 Å². The molecule has 0 bridgehead atoms. The van der Waals surface area contributed by atoms with E-state index in [0.29, 0.717) is 19.7 Å². The fourth-order valence-corrected chi connectivity index (χ4v) is 2.58. The van der Waals surface area contributed by atoms with Gasteiger partial charge in [-0.2, -0.15) is 0 Å². The van der Waals surface area contributed by atoms with Crippen LogP contribution in [0.5, 0.6) is 0 Å². The monoisotopic (exact) mass is 314 g/mol. The zero-order valence-corrected chi connectivity index (χ0v) is 13.5. The smallest absolute Gasteiger partial charge is 0.315 e. The third-order valence-corrected chi connectivity index (χ3v) is 3.69. The van der Waals surface area contributed by atoms with Gasteiger partial charge in [0.2, 0.25) is 0 Å². The van der Waals surface area contributed by atoms with Gasteiger partial charge in [-0.1, -0.05) is 30.3 Å². The summed E-state index contributed by atoms with van der Waals surface area (Å²) in [6.45, 7) is 5.50. The van der Waals surface area contributed by atoms with Crippen LogP contribution >= 0.6 is 0 Å². The molecule has 6 heteroatoms. The molecule has 0 saturated heterocycles. The van der Waals surface area contributed by atoms with Gasteiger partial charge in [0.25, 0.3) is 0 Å². The second-order valence-electron chi connectivity index (χ2n) is 6.00. The minimum absolute atomic E-state index is 0.0433. The molecule has 122 valence electrons. The van der Waals surface area contributed by atoms with E-state index in [1.165, 1.54) is 0 Å². The Labute approximate surface area is 135 Å². The Morgan fingerprint density at radius 2 is 2.17 bits per heavy atom. The molecule has 0 fully saturated rings. The lowest BCUT2D eigenvalue weighted by Gasteiger charge is -2.24. The summed E-state index contributed by atoms with van der Waals surface area (Å²) in [5.74, 6) is 0.923.